The van der Waals surface area contributed by atoms with Gasteiger partial charge in [0.1, 0.15) is 0 Å². The molecule has 2 aromatic rings. The Morgan fingerprint density at radius 1 is 1.28 bits per heavy atom. The molecule has 0 saturated carbocycles. The number of fused-ring (bicyclic) bond motifs is 1. The first-order chi connectivity index (χ1) is 11.6. The van der Waals surface area contributed by atoms with Gasteiger partial charge < -0.3 is 10.2 Å². The molecule has 1 amide bonds. The zero-order valence-electron chi connectivity index (χ0n) is 14.7. The van der Waals surface area contributed by atoms with Crippen molar-refractivity contribution in [3.63, 3.8) is 0 Å². The van der Waals surface area contributed by atoms with E-state index >= 15 is 0 Å². The maximum Gasteiger partial charge on any atom is 0.232 e. The van der Waals surface area contributed by atoms with Crippen molar-refractivity contribution in [1.82, 2.24) is 15.1 Å². The van der Waals surface area contributed by atoms with Crippen molar-refractivity contribution < 1.29 is 4.79 Å². The standard InChI is InChI=1S/C19H24N4O.ClH/c1-13-7-14-5-3-4-6-18(14)23(11-13)19(24)17-10-20-9-16(17)15-8-21-22(2)12-15;/h3-6,8,12-13,16-17,20H,7,9-11H2,1-2H3;1H/t13?,16-,17+;/m1./s1. The van der Waals surface area contributed by atoms with E-state index in [2.05, 4.69) is 35.5 Å². The third kappa shape index (κ3) is 3.31. The fourth-order valence-electron chi connectivity index (χ4n) is 4.13. The molecule has 3 atom stereocenters. The number of carbonyl (C=O) groups excluding carboxylic acids is 1. The van der Waals surface area contributed by atoms with Gasteiger partial charge >= 0.3 is 0 Å². The number of para-hydroxylation sites is 1. The highest BCUT2D eigenvalue weighted by molar-refractivity contribution is 5.97. The molecule has 0 radical (unpaired) electrons. The van der Waals surface area contributed by atoms with Crippen LogP contribution < -0.4 is 10.2 Å². The number of rotatable bonds is 2. The minimum atomic E-state index is -0.0208. The molecule has 1 N–H and O–H groups in total. The number of anilines is 1. The normalized spacial score (nSPS) is 25.4. The Morgan fingerprint density at radius 2 is 2.08 bits per heavy atom. The van der Waals surface area contributed by atoms with Crippen LogP contribution in [0.5, 0.6) is 0 Å². The molecule has 3 heterocycles. The highest BCUT2D eigenvalue weighted by atomic mass is 35.5. The van der Waals surface area contributed by atoms with Crippen LogP contribution in [-0.4, -0.2) is 35.3 Å². The second kappa shape index (κ2) is 7.18. The number of aromatic nitrogens is 2. The molecule has 5 nitrogen and oxygen atoms in total. The van der Waals surface area contributed by atoms with Crippen LogP contribution in [0, 0.1) is 11.8 Å². The number of amides is 1. The van der Waals surface area contributed by atoms with Crippen LogP contribution in [0.4, 0.5) is 5.69 Å². The molecule has 134 valence electrons. The van der Waals surface area contributed by atoms with E-state index in [0.29, 0.717) is 5.92 Å². The van der Waals surface area contributed by atoms with Crippen molar-refractivity contribution in [2.75, 3.05) is 24.5 Å². The summed E-state index contributed by atoms with van der Waals surface area (Å²) >= 11 is 0. The lowest BCUT2D eigenvalue weighted by Crippen LogP contribution is -2.44. The average Bonchev–Trinajstić information content (AvgIpc) is 3.21. The Balaban J connectivity index is 0.00000182. The zero-order chi connectivity index (χ0) is 16.7. The number of hydrogen-bond donors (Lipinski definition) is 1. The summed E-state index contributed by atoms with van der Waals surface area (Å²) in [4.78, 5) is 15.4. The van der Waals surface area contributed by atoms with Crippen molar-refractivity contribution in [1.29, 1.82) is 0 Å². The summed E-state index contributed by atoms with van der Waals surface area (Å²) in [6, 6.07) is 8.33. The molecule has 6 heteroatoms. The fourth-order valence-corrected chi connectivity index (χ4v) is 4.13. The Bertz CT molecular complexity index is 759. The summed E-state index contributed by atoms with van der Waals surface area (Å²) in [5, 5.41) is 7.68. The predicted octanol–water partition coefficient (Wildman–Crippen LogP) is 2.37. The van der Waals surface area contributed by atoms with Gasteiger partial charge in [-0.1, -0.05) is 25.1 Å². The number of nitrogens with one attached hydrogen (secondary N) is 1. The number of nitrogens with zero attached hydrogens (tertiary/aromatic N) is 3. The quantitative estimate of drug-likeness (QED) is 0.894. The molecular formula is C19H25ClN4O. The van der Waals surface area contributed by atoms with Gasteiger partial charge in [0.25, 0.3) is 0 Å². The van der Waals surface area contributed by atoms with E-state index in [9.17, 15) is 4.79 Å². The third-order valence-corrected chi connectivity index (χ3v) is 5.30. The molecule has 1 fully saturated rings. The first-order valence-electron chi connectivity index (χ1n) is 8.72. The first kappa shape index (κ1) is 18.0. The Labute approximate surface area is 154 Å². The summed E-state index contributed by atoms with van der Waals surface area (Å²) in [6.07, 6.45) is 4.98. The van der Waals surface area contributed by atoms with Gasteiger partial charge in [-0.2, -0.15) is 5.10 Å². The topological polar surface area (TPSA) is 50.2 Å². The van der Waals surface area contributed by atoms with Gasteiger partial charge in [-0.15, -0.1) is 12.4 Å². The van der Waals surface area contributed by atoms with Crippen LogP contribution in [0.15, 0.2) is 36.7 Å². The first-order valence-corrected chi connectivity index (χ1v) is 8.72. The lowest BCUT2D eigenvalue weighted by molar-refractivity contribution is -0.122. The lowest BCUT2D eigenvalue weighted by Gasteiger charge is -2.35. The summed E-state index contributed by atoms with van der Waals surface area (Å²) in [5.74, 6) is 0.922. The van der Waals surface area contributed by atoms with Crippen LogP contribution in [0.3, 0.4) is 0 Å². The SMILES string of the molecule is CC1Cc2ccccc2N(C(=O)[C@H]2CNC[C@@H]2c2cnn(C)c2)C1.Cl. The van der Waals surface area contributed by atoms with Crippen LogP contribution in [-0.2, 0) is 18.3 Å². The van der Waals surface area contributed by atoms with Gasteiger partial charge in [-0.25, -0.2) is 0 Å². The number of carbonyl (C=O) groups is 1. The van der Waals surface area contributed by atoms with Gasteiger partial charge in [0.15, 0.2) is 0 Å². The molecule has 25 heavy (non-hydrogen) atoms. The van der Waals surface area contributed by atoms with E-state index in [4.69, 9.17) is 0 Å². The van der Waals surface area contributed by atoms with E-state index in [1.54, 1.807) is 0 Å². The number of halogens is 1. The van der Waals surface area contributed by atoms with Gasteiger partial charge in [-0.05, 0) is 29.5 Å². The molecule has 2 aliphatic rings. The molecular weight excluding hydrogens is 336 g/mol. The minimum absolute atomic E-state index is 0. The highest BCUT2D eigenvalue weighted by Gasteiger charge is 2.39. The Morgan fingerprint density at radius 3 is 2.84 bits per heavy atom. The second-order valence-corrected chi connectivity index (χ2v) is 7.21. The Hall–Kier alpha value is -1.85. The lowest BCUT2D eigenvalue weighted by atomic mass is 9.87. The van der Waals surface area contributed by atoms with E-state index in [-0.39, 0.29) is 30.2 Å². The second-order valence-electron chi connectivity index (χ2n) is 7.21. The molecule has 1 unspecified atom stereocenters. The summed E-state index contributed by atoms with van der Waals surface area (Å²) in [7, 11) is 1.92. The molecule has 2 aliphatic heterocycles. The third-order valence-electron chi connectivity index (χ3n) is 5.30. The maximum atomic E-state index is 13.4. The van der Waals surface area contributed by atoms with Crippen molar-refractivity contribution in [3.8, 4) is 0 Å². The van der Waals surface area contributed by atoms with Crippen molar-refractivity contribution in [2.24, 2.45) is 18.9 Å². The minimum Gasteiger partial charge on any atom is -0.315 e. The summed E-state index contributed by atoms with van der Waals surface area (Å²) in [6.45, 7) is 4.62. The molecule has 1 aromatic carbocycles. The Kier molecular flexibility index (Phi) is 5.16. The van der Waals surface area contributed by atoms with Crippen molar-refractivity contribution >= 4 is 24.0 Å². The predicted molar refractivity (Wildman–Crippen MR) is 101 cm³/mol. The maximum absolute atomic E-state index is 13.4. The van der Waals surface area contributed by atoms with Crippen molar-refractivity contribution in [2.45, 2.75) is 19.3 Å². The van der Waals surface area contributed by atoms with Gasteiger partial charge in [-0.3, -0.25) is 9.48 Å². The largest absolute Gasteiger partial charge is 0.315 e. The van der Waals surface area contributed by atoms with Gasteiger partial charge in [0.05, 0.1) is 12.1 Å². The molecule has 1 saturated heterocycles. The monoisotopic (exact) mass is 360 g/mol. The fraction of sp³-hybridized carbons (Fsp3) is 0.474. The molecule has 0 aliphatic carbocycles. The number of hydrogen-bond acceptors (Lipinski definition) is 3. The smallest absolute Gasteiger partial charge is 0.232 e. The highest BCUT2D eigenvalue weighted by Crippen LogP contribution is 2.35. The van der Waals surface area contributed by atoms with Gasteiger partial charge in [0.2, 0.25) is 5.91 Å². The number of benzene rings is 1. The zero-order valence-corrected chi connectivity index (χ0v) is 15.5. The van der Waals surface area contributed by atoms with E-state index < -0.39 is 0 Å². The molecule has 1 aromatic heterocycles. The van der Waals surface area contributed by atoms with Crippen molar-refractivity contribution in [3.05, 3.63) is 47.8 Å². The average molecular weight is 361 g/mol. The molecule has 0 spiro atoms. The van der Waals surface area contributed by atoms with Crippen LogP contribution in [0.25, 0.3) is 0 Å². The molecule has 0 bridgehead atoms. The summed E-state index contributed by atoms with van der Waals surface area (Å²) < 4.78 is 1.81. The number of aryl methyl sites for hydroxylation is 1. The van der Waals surface area contributed by atoms with E-state index in [1.165, 1.54) is 5.56 Å². The van der Waals surface area contributed by atoms with E-state index in [1.807, 2.05) is 35.1 Å². The van der Waals surface area contributed by atoms with E-state index in [0.717, 1.165) is 37.3 Å². The van der Waals surface area contributed by atoms with Crippen LogP contribution in [0.1, 0.15) is 24.0 Å². The van der Waals surface area contributed by atoms with Gasteiger partial charge in [0, 0.05) is 44.5 Å². The van der Waals surface area contributed by atoms with Crippen LogP contribution in [0.2, 0.25) is 0 Å². The molecule has 4 rings (SSSR count). The summed E-state index contributed by atoms with van der Waals surface area (Å²) in [5.41, 5.74) is 3.53. The van der Waals surface area contributed by atoms with Crippen LogP contribution >= 0.6 is 12.4 Å².